The minimum Gasteiger partial charge on any atom is -0.202 e. The Balaban J connectivity index is 3.83. The van der Waals surface area contributed by atoms with E-state index < -0.39 is 10.2 Å². The minimum absolute atomic E-state index is 0.526. The van der Waals surface area contributed by atoms with Crippen LogP contribution in [-0.4, -0.2) is 32.4 Å². The Morgan fingerprint density at radius 3 is 2.12 bits per heavy atom. The second kappa shape index (κ2) is 8.03. The highest BCUT2D eigenvalue weighted by Crippen LogP contribution is 2.05. The fourth-order valence-corrected chi connectivity index (χ4v) is 2.80. The first-order valence-corrected chi connectivity index (χ1v) is 7.62. The van der Waals surface area contributed by atoms with Gasteiger partial charge in [-0.1, -0.05) is 40.5 Å². The van der Waals surface area contributed by atoms with Crippen LogP contribution in [0, 0.1) is 5.92 Å². The molecule has 0 bridgehead atoms. The zero-order valence-corrected chi connectivity index (χ0v) is 11.8. The molecule has 0 radical (unpaired) electrons. The molecule has 0 amide bonds. The summed E-state index contributed by atoms with van der Waals surface area (Å²) in [7, 11) is -3.24. The van der Waals surface area contributed by atoms with Crippen molar-refractivity contribution >= 4 is 10.2 Å². The van der Waals surface area contributed by atoms with Gasteiger partial charge in [0.2, 0.25) is 0 Å². The van der Waals surface area contributed by atoms with Gasteiger partial charge in [-0.2, -0.15) is 12.7 Å². The lowest BCUT2D eigenvalue weighted by molar-refractivity contribution is 0.433. The van der Waals surface area contributed by atoms with Gasteiger partial charge in [-0.25, -0.2) is 4.72 Å². The van der Waals surface area contributed by atoms with Crippen molar-refractivity contribution < 1.29 is 8.42 Å². The van der Waals surface area contributed by atoms with Gasteiger partial charge in [-0.15, -0.1) is 0 Å². The molecule has 0 unspecified atom stereocenters. The Morgan fingerprint density at radius 1 is 1.12 bits per heavy atom. The summed E-state index contributed by atoms with van der Waals surface area (Å²) in [5.74, 6) is 0.694. The monoisotopic (exact) mass is 250 g/mol. The van der Waals surface area contributed by atoms with Gasteiger partial charge in [-0.05, 0) is 12.3 Å². The van der Waals surface area contributed by atoms with Crippen LogP contribution in [0.3, 0.4) is 0 Å². The van der Waals surface area contributed by atoms with E-state index in [1.54, 1.807) is 0 Å². The number of hydrogen-bond donors (Lipinski definition) is 1. The van der Waals surface area contributed by atoms with Crippen LogP contribution in [0.25, 0.3) is 0 Å². The van der Waals surface area contributed by atoms with Crippen LogP contribution in [0.1, 0.15) is 47.0 Å². The summed E-state index contributed by atoms with van der Waals surface area (Å²) < 4.78 is 27.5. The number of hydrogen-bond acceptors (Lipinski definition) is 2. The Kier molecular flexibility index (Phi) is 7.97. The van der Waals surface area contributed by atoms with E-state index in [1.807, 2.05) is 13.8 Å². The van der Waals surface area contributed by atoms with Crippen LogP contribution in [-0.2, 0) is 10.2 Å². The molecule has 0 rings (SSSR count). The van der Waals surface area contributed by atoms with Crippen LogP contribution >= 0.6 is 0 Å². The van der Waals surface area contributed by atoms with E-state index in [2.05, 4.69) is 18.6 Å². The van der Waals surface area contributed by atoms with Gasteiger partial charge in [0.25, 0.3) is 10.2 Å². The first kappa shape index (κ1) is 15.9. The predicted molar refractivity (Wildman–Crippen MR) is 68.5 cm³/mol. The van der Waals surface area contributed by atoms with Crippen molar-refractivity contribution in [3.63, 3.8) is 0 Å². The second-order valence-electron chi connectivity index (χ2n) is 4.37. The molecule has 0 aliphatic rings. The molecular weight excluding hydrogens is 224 g/mol. The Labute approximate surface area is 101 Å². The summed E-state index contributed by atoms with van der Waals surface area (Å²) in [6, 6.07) is 0. The van der Waals surface area contributed by atoms with Crippen molar-refractivity contribution in [1.82, 2.24) is 9.03 Å². The SMILES string of the molecule is CCN(CC)S(=O)(=O)NCCCCC(C)C. The lowest BCUT2D eigenvalue weighted by atomic mass is 10.1. The van der Waals surface area contributed by atoms with Crippen molar-refractivity contribution in [3.05, 3.63) is 0 Å². The van der Waals surface area contributed by atoms with Crippen molar-refractivity contribution in [2.24, 2.45) is 5.92 Å². The third kappa shape index (κ3) is 6.45. The predicted octanol–water partition coefficient (Wildman–Crippen LogP) is 1.99. The number of unbranched alkanes of at least 4 members (excludes halogenated alkanes) is 1. The molecule has 0 saturated heterocycles. The molecule has 0 atom stereocenters. The quantitative estimate of drug-likeness (QED) is 0.636. The summed E-state index contributed by atoms with van der Waals surface area (Å²) in [4.78, 5) is 0. The maximum Gasteiger partial charge on any atom is 0.279 e. The van der Waals surface area contributed by atoms with Crippen LogP contribution < -0.4 is 4.72 Å². The summed E-state index contributed by atoms with van der Waals surface area (Å²) >= 11 is 0. The summed E-state index contributed by atoms with van der Waals surface area (Å²) in [6.07, 6.45) is 3.16. The van der Waals surface area contributed by atoms with E-state index in [9.17, 15) is 8.42 Å². The van der Waals surface area contributed by atoms with Gasteiger partial charge in [0.1, 0.15) is 0 Å². The standard InChI is InChI=1S/C11H26N2O2S/c1-5-13(6-2)16(14,15)12-10-8-7-9-11(3)4/h11-12H,5-10H2,1-4H3. The Morgan fingerprint density at radius 2 is 1.69 bits per heavy atom. The van der Waals surface area contributed by atoms with Gasteiger partial charge < -0.3 is 0 Å². The van der Waals surface area contributed by atoms with E-state index in [0.29, 0.717) is 25.6 Å². The molecule has 0 aromatic carbocycles. The van der Waals surface area contributed by atoms with Gasteiger partial charge in [0, 0.05) is 19.6 Å². The van der Waals surface area contributed by atoms with E-state index in [-0.39, 0.29) is 0 Å². The first-order valence-electron chi connectivity index (χ1n) is 6.18. The molecular formula is C11H26N2O2S. The maximum absolute atomic E-state index is 11.7. The van der Waals surface area contributed by atoms with E-state index >= 15 is 0 Å². The molecule has 0 spiro atoms. The average Bonchev–Trinajstić information content (AvgIpc) is 2.17. The number of rotatable bonds is 9. The third-order valence-electron chi connectivity index (χ3n) is 2.54. The average molecular weight is 250 g/mol. The topological polar surface area (TPSA) is 49.4 Å². The highest BCUT2D eigenvalue weighted by molar-refractivity contribution is 7.87. The van der Waals surface area contributed by atoms with Crippen molar-refractivity contribution in [2.45, 2.75) is 47.0 Å². The molecule has 0 saturated carbocycles. The largest absolute Gasteiger partial charge is 0.279 e. The van der Waals surface area contributed by atoms with Crippen molar-refractivity contribution in [2.75, 3.05) is 19.6 Å². The normalized spacial score (nSPS) is 12.6. The zero-order valence-electron chi connectivity index (χ0n) is 11.0. The summed E-state index contributed by atoms with van der Waals surface area (Å²) in [5.41, 5.74) is 0. The first-order chi connectivity index (χ1) is 7.44. The lowest BCUT2D eigenvalue weighted by Crippen LogP contribution is -2.40. The number of nitrogens with zero attached hydrogens (tertiary/aromatic N) is 1. The van der Waals surface area contributed by atoms with Gasteiger partial charge >= 0.3 is 0 Å². The van der Waals surface area contributed by atoms with Crippen LogP contribution in [0.15, 0.2) is 0 Å². The molecule has 0 aliphatic carbocycles. The fourth-order valence-electron chi connectivity index (χ4n) is 1.53. The van der Waals surface area contributed by atoms with Gasteiger partial charge in [-0.3, -0.25) is 0 Å². The molecule has 4 nitrogen and oxygen atoms in total. The molecule has 16 heavy (non-hydrogen) atoms. The second-order valence-corrected chi connectivity index (χ2v) is 6.13. The molecule has 0 heterocycles. The summed E-state index contributed by atoms with van der Waals surface area (Å²) in [5, 5.41) is 0. The van der Waals surface area contributed by atoms with Crippen molar-refractivity contribution in [3.8, 4) is 0 Å². The zero-order chi connectivity index (χ0) is 12.6. The van der Waals surface area contributed by atoms with Gasteiger partial charge in [0.05, 0.1) is 0 Å². The van der Waals surface area contributed by atoms with Gasteiger partial charge in [0.15, 0.2) is 0 Å². The van der Waals surface area contributed by atoms with Crippen LogP contribution in [0.2, 0.25) is 0 Å². The molecule has 5 heteroatoms. The molecule has 98 valence electrons. The lowest BCUT2D eigenvalue weighted by Gasteiger charge is -2.18. The van der Waals surface area contributed by atoms with Crippen LogP contribution in [0.4, 0.5) is 0 Å². The Bertz CT molecular complexity index is 259. The number of nitrogens with one attached hydrogen (secondary N) is 1. The minimum atomic E-state index is -3.24. The van der Waals surface area contributed by atoms with E-state index in [1.165, 1.54) is 4.31 Å². The van der Waals surface area contributed by atoms with Crippen LogP contribution in [0.5, 0.6) is 0 Å². The van der Waals surface area contributed by atoms with Crippen molar-refractivity contribution in [1.29, 1.82) is 0 Å². The molecule has 0 aromatic rings. The molecule has 0 aromatic heterocycles. The molecule has 0 aliphatic heterocycles. The fraction of sp³-hybridized carbons (Fsp3) is 1.00. The summed E-state index contributed by atoms with van der Waals surface area (Å²) in [6.45, 7) is 9.66. The molecule has 1 N–H and O–H groups in total. The smallest absolute Gasteiger partial charge is 0.202 e. The molecule has 0 fully saturated rings. The van der Waals surface area contributed by atoms with E-state index in [4.69, 9.17) is 0 Å². The Hall–Kier alpha value is -0.130. The third-order valence-corrected chi connectivity index (χ3v) is 4.30. The highest BCUT2D eigenvalue weighted by atomic mass is 32.2. The maximum atomic E-state index is 11.7. The van der Waals surface area contributed by atoms with E-state index in [0.717, 1.165) is 19.3 Å². The highest BCUT2D eigenvalue weighted by Gasteiger charge is 2.16.